The van der Waals surface area contributed by atoms with Gasteiger partial charge in [0.1, 0.15) is 12.4 Å². The molecule has 0 bridgehead atoms. The molecule has 0 saturated carbocycles. The average molecular weight is 322 g/mol. The van der Waals surface area contributed by atoms with E-state index in [-0.39, 0.29) is 63.7 Å². The summed E-state index contributed by atoms with van der Waals surface area (Å²) < 4.78 is 56.0. The molecule has 0 unspecified atom stereocenters. The van der Waals surface area contributed by atoms with E-state index >= 15 is 0 Å². The van der Waals surface area contributed by atoms with Gasteiger partial charge < -0.3 is 17.7 Å². The number of benzene rings is 2. The molecule has 106 valence electrons. The minimum absolute atomic E-state index is 0. The second-order valence-corrected chi connectivity index (χ2v) is 4.53. The zero-order valence-corrected chi connectivity index (χ0v) is 14.9. The number of ether oxygens (including phenoxy) is 1. The molecule has 0 amide bonds. The molecule has 21 heavy (non-hydrogen) atoms. The van der Waals surface area contributed by atoms with Crippen LogP contribution >= 0.6 is 0 Å². The van der Waals surface area contributed by atoms with E-state index in [2.05, 4.69) is 0 Å². The first-order chi connectivity index (χ1) is 9.36. The molecule has 2 aromatic carbocycles. The Balaban J connectivity index is 0.00000220. The molecule has 0 atom stereocenters. The van der Waals surface area contributed by atoms with Crippen LogP contribution in [0.5, 0.6) is 5.75 Å². The Kier molecular flexibility index (Phi) is 6.93. The normalized spacial score (nSPS) is 10.9. The maximum Gasteiger partial charge on any atom is 1.00 e. The molecule has 0 aliphatic heterocycles. The van der Waals surface area contributed by atoms with E-state index in [0.717, 1.165) is 23.3 Å². The molecule has 1 nitrogen and oxygen atoms in total. The molecule has 0 saturated heterocycles. The van der Waals surface area contributed by atoms with Crippen molar-refractivity contribution in [3.8, 4) is 5.75 Å². The monoisotopic (exact) mass is 322 g/mol. The number of hydrogen-bond acceptors (Lipinski definition) is 1. The van der Waals surface area contributed by atoms with Crippen molar-refractivity contribution in [1.29, 1.82) is 0 Å². The van der Waals surface area contributed by atoms with Crippen LogP contribution in [0, 0.1) is 12.7 Å². The molecular weight excluding hydrogens is 310 g/mol. The predicted octanol–water partition coefficient (Wildman–Crippen LogP) is 0.772. The van der Waals surface area contributed by atoms with Crippen LogP contribution in [0.25, 0.3) is 0 Å². The Labute approximate surface area is 163 Å². The number of aryl methyl sites for hydroxylation is 1. The van der Waals surface area contributed by atoms with Gasteiger partial charge in [0.15, 0.2) is 0 Å². The molecule has 0 aliphatic rings. The summed E-state index contributed by atoms with van der Waals surface area (Å²) in [5, 5.41) is 0. The van der Waals surface area contributed by atoms with Crippen LogP contribution in [0.1, 0.15) is 11.1 Å². The van der Waals surface area contributed by atoms with Gasteiger partial charge in [-0.1, -0.05) is 41.4 Å². The summed E-state index contributed by atoms with van der Waals surface area (Å²) in [6.07, 6.45) is 0. The second kappa shape index (κ2) is 7.78. The van der Waals surface area contributed by atoms with Crippen LogP contribution in [-0.2, 0) is 6.61 Å². The van der Waals surface area contributed by atoms with Crippen molar-refractivity contribution in [2.45, 2.75) is 13.5 Å². The smallest absolute Gasteiger partial charge is 0.489 e. The Hall–Kier alpha value is -0.339. The van der Waals surface area contributed by atoms with Gasteiger partial charge in [0, 0.05) is 6.07 Å². The molecule has 2 rings (SSSR count). The summed E-state index contributed by atoms with van der Waals surface area (Å²) in [6, 6.07) is 10.1. The molecule has 2 aromatic rings. The molecule has 0 aliphatic carbocycles. The second-order valence-electron chi connectivity index (χ2n) is 4.53. The third-order valence-electron chi connectivity index (χ3n) is 2.85. The summed E-state index contributed by atoms with van der Waals surface area (Å²) >= 11 is 0. The molecular formula is C14H12BF4KO. The topological polar surface area (TPSA) is 9.23 Å². The van der Waals surface area contributed by atoms with Crippen LogP contribution in [0.15, 0.2) is 42.5 Å². The first-order valence-electron chi connectivity index (χ1n) is 6.04. The van der Waals surface area contributed by atoms with Crippen LogP contribution in [0.2, 0.25) is 0 Å². The molecule has 0 fully saturated rings. The molecule has 0 spiro atoms. The summed E-state index contributed by atoms with van der Waals surface area (Å²) in [7, 11) is 0. The quantitative estimate of drug-likeness (QED) is 0.597. The van der Waals surface area contributed by atoms with Crippen molar-refractivity contribution >= 4 is 12.4 Å². The van der Waals surface area contributed by atoms with Crippen molar-refractivity contribution < 1.29 is 73.5 Å². The van der Waals surface area contributed by atoms with Crippen molar-refractivity contribution in [3.05, 3.63) is 59.4 Å². The first-order valence-corrected chi connectivity index (χ1v) is 6.04. The van der Waals surface area contributed by atoms with Gasteiger partial charge in [0.05, 0.1) is 5.82 Å². The van der Waals surface area contributed by atoms with Gasteiger partial charge in [-0.25, -0.2) is 4.39 Å². The van der Waals surface area contributed by atoms with Crippen LogP contribution in [0.3, 0.4) is 0 Å². The van der Waals surface area contributed by atoms with Gasteiger partial charge in [-0.3, -0.25) is 0 Å². The van der Waals surface area contributed by atoms with Crippen LogP contribution in [0.4, 0.5) is 17.3 Å². The summed E-state index contributed by atoms with van der Waals surface area (Å²) in [4.78, 5) is 0. The largest absolute Gasteiger partial charge is 1.00 e. The third kappa shape index (κ3) is 5.41. The van der Waals surface area contributed by atoms with E-state index in [0.29, 0.717) is 6.07 Å². The number of halogens is 4. The van der Waals surface area contributed by atoms with Crippen molar-refractivity contribution in [3.63, 3.8) is 0 Å². The zero-order valence-electron chi connectivity index (χ0n) is 11.7. The van der Waals surface area contributed by atoms with Gasteiger partial charge in [-0.2, -0.15) is 0 Å². The van der Waals surface area contributed by atoms with Gasteiger partial charge in [-0.05, 0) is 18.6 Å². The van der Waals surface area contributed by atoms with E-state index in [1.54, 1.807) is 0 Å². The molecule has 0 radical (unpaired) electrons. The number of hydrogen-bond donors (Lipinski definition) is 0. The molecule has 0 heterocycles. The fourth-order valence-electron chi connectivity index (χ4n) is 1.71. The Morgan fingerprint density at radius 2 is 1.62 bits per heavy atom. The summed E-state index contributed by atoms with van der Waals surface area (Å²) in [6.45, 7) is -3.22. The maximum atomic E-state index is 13.3. The fourth-order valence-corrected chi connectivity index (χ4v) is 1.71. The fraction of sp³-hybridized carbons (Fsp3) is 0.143. The van der Waals surface area contributed by atoms with Gasteiger partial charge in [-0.15, -0.1) is 0 Å². The number of rotatable bonds is 4. The summed E-state index contributed by atoms with van der Waals surface area (Å²) in [5.41, 5.74) is 0.726. The minimum atomic E-state index is -5.34. The van der Waals surface area contributed by atoms with Gasteiger partial charge in [0.25, 0.3) is 0 Å². The third-order valence-corrected chi connectivity index (χ3v) is 2.85. The van der Waals surface area contributed by atoms with Gasteiger partial charge >= 0.3 is 58.4 Å². The first kappa shape index (κ1) is 18.7. The zero-order chi connectivity index (χ0) is 14.8. The van der Waals surface area contributed by atoms with E-state index in [1.165, 1.54) is 0 Å². The molecule has 0 aromatic heterocycles. The van der Waals surface area contributed by atoms with Crippen molar-refractivity contribution in [1.82, 2.24) is 0 Å². The Morgan fingerprint density at radius 3 is 2.14 bits per heavy atom. The molecule has 7 heteroatoms. The Morgan fingerprint density at radius 1 is 1.00 bits per heavy atom. The van der Waals surface area contributed by atoms with Crippen LogP contribution < -0.4 is 61.6 Å². The molecule has 0 N–H and O–H groups in total. The van der Waals surface area contributed by atoms with E-state index < -0.39 is 18.3 Å². The van der Waals surface area contributed by atoms with Gasteiger partial charge in [0.2, 0.25) is 0 Å². The van der Waals surface area contributed by atoms with E-state index in [9.17, 15) is 17.3 Å². The van der Waals surface area contributed by atoms with Crippen molar-refractivity contribution in [2.75, 3.05) is 0 Å². The average Bonchev–Trinajstić information content (AvgIpc) is 2.36. The Bertz CT molecular complexity index is 599. The SMILES string of the molecule is Cc1ccc(COc2ccc([B-](F)(F)F)c(F)c2)cc1.[K+]. The predicted molar refractivity (Wildman–Crippen MR) is 70.6 cm³/mol. The van der Waals surface area contributed by atoms with E-state index in [1.807, 2.05) is 31.2 Å². The van der Waals surface area contributed by atoms with Crippen molar-refractivity contribution in [2.24, 2.45) is 0 Å². The minimum Gasteiger partial charge on any atom is -0.489 e. The maximum absolute atomic E-state index is 13.3. The standard InChI is InChI=1S/C14H12BF4O.K/c1-10-2-4-11(5-3-10)9-20-12-6-7-13(14(16)8-12)15(17,18)19;/h2-8H,9H2,1H3;/q-1;+1. The summed E-state index contributed by atoms with van der Waals surface area (Å²) in [5.74, 6) is -1.23. The van der Waals surface area contributed by atoms with E-state index in [4.69, 9.17) is 4.74 Å². The van der Waals surface area contributed by atoms with Crippen LogP contribution in [-0.4, -0.2) is 6.98 Å².